The second-order valence-corrected chi connectivity index (χ2v) is 9.30. The quantitative estimate of drug-likeness (QED) is 0.552. The first-order valence-electron chi connectivity index (χ1n) is 8.93. The minimum absolute atomic E-state index is 0.0915. The average molecular weight is 445 g/mol. The van der Waals surface area contributed by atoms with Crippen molar-refractivity contribution in [3.63, 3.8) is 0 Å². The van der Waals surface area contributed by atoms with Crippen molar-refractivity contribution in [1.29, 1.82) is 0 Å². The Morgan fingerprint density at radius 1 is 1.14 bits per heavy atom. The van der Waals surface area contributed by atoms with E-state index in [0.717, 1.165) is 5.56 Å². The zero-order chi connectivity index (χ0) is 20.4. The molecule has 1 fully saturated rings. The zero-order valence-electron chi connectivity index (χ0n) is 15.7. The summed E-state index contributed by atoms with van der Waals surface area (Å²) in [6.07, 6.45) is 1.12. The van der Waals surface area contributed by atoms with E-state index >= 15 is 0 Å². The van der Waals surface area contributed by atoms with Gasteiger partial charge in [-0.05, 0) is 51.0 Å². The maximum atomic E-state index is 12.6. The largest absolute Gasteiger partial charge is 0.348 e. The molecular formula is C20H22Cl2O5S. The molecule has 2 aromatic rings. The number of benzene rings is 2. The van der Waals surface area contributed by atoms with Crippen LogP contribution in [0, 0.1) is 6.92 Å². The third-order valence-electron chi connectivity index (χ3n) is 4.52. The van der Waals surface area contributed by atoms with Crippen molar-refractivity contribution in [2.24, 2.45) is 0 Å². The van der Waals surface area contributed by atoms with Crippen molar-refractivity contribution >= 4 is 33.3 Å². The van der Waals surface area contributed by atoms with Crippen LogP contribution in [0.4, 0.5) is 0 Å². The van der Waals surface area contributed by atoms with Gasteiger partial charge in [0.2, 0.25) is 0 Å². The van der Waals surface area contributed by atoms with E-state index < -0.39 is 22.2 Å². The van der Waals surface area contributed by atoms with Crippen LogP contribution in [0.3, 0.4) is 0 Å². The molecular weight excluding hydrogens is 423 g/mol. The smallest absolute Gasteiger partial charge is 0.299 e. The fourth-order valence-corrected chi connectivity index (χ4v) is 4.65. The Kier molecular flexibility index (Phi) is 6.69. The van der Waals surface area contributed by atoms with Crippen LogP contribution >= 0.6 is 23.2 Å². The van der Waals surface area contributed by atoms with E-state index in [1.54, 1.807) is 37.3 Å². The van der Waals surface area contributed by atoms with Crippen LogP contribution in [-0.4, -0.2) is 20.5 Å². The fraction of sp³-hybridized carbons (Fsp3) is 0.400. The number of hydrogen-bond acceptors (Lipinski definition) is 5. The first-order chi connectivity index (χ1) is 13.2. The van der Waals surface area contributed by atoms with Gasteiger partial charge in [-0.1, -0.05) is 47.0 Å². The van der Waals surface area contributed by atoms with E-state index in [-0.39, 0.29) is 11.5 Å². The maximum Gasteiger partial charge on any atom is 0.299 e. The summed E-state index contributed by atoms with van der Waals surface area (Å²) in [4.78, 5) is 0.0915. The predicted molar refractivity (Wildman–Crippen MR) is 108 cm³/mol. The summed E-state index contributed by atoms with van der Waals surface area (Å²) in [7, 11) is -3.96. The summed E-state index contributed by atoms with van der Waals surface area (Å²) < 4.78 is 42.3. The maximum absolute atomic E-state index is 12.6. The Balaban J connectivity index is 1.67. The SMILES string of the molecule is Cc1ccc(S(=O)(=O)OC2(C)CCCC(OCc3c(Cl)cccc3Cl)O2)cc1. The summed E-state index contributed by atoms with van der Waals surface area (Å²) >= 11 is 12.3. The van der Waals surface area contributed by atoms with E-state index in [0.29, 0.717) is 34.9 Å². The molecule has 5 nitrogen and oxygen atoms in total. The summed E-state index contributed by atoms with van der Waals surface area (Å²) in [5.74, 6) is -1.31. The molecule has 2 aromatic carbocycles. The van der Waals surface area contributed by atoms with Gasteiger partial charge in [0.15, 0.2) is 12.1 Å². The molecule has 0 spiro atoms. The van der Waals surface area contributed by atoms with Crippen molar-refractivity contribution in [3.05, 3.63) is 63.6 Å². The lowest BCUT2D eigenvalue weighted by Crippen LogP contribution is -2.42. The Bertz CT molecular complexity index is 910. The lowest BCUT2D eigenvalue weighted by Gasteiger charge is -2.37. The monoisotopic (exact) mass is 444 g/mol. The molecule has 0 saturated carbocycles. The molecule has 0 radical (unpaired) electrons. The van der Waals surface area contributed by atoms with Gasteiger partial charge >= 0.3 is 0 Å². The molecule has 0 amide bonds. The number of ether oxygens (including phenoxy) is 2. The van der Waals surface area contributed by atoms with Crippen LogP contribution in [0.2, 0.25) is 10.0 Å². The normalized spacial score (nSPS) is 22.9. The zero-order valence-corrected chi connectivity index (χ0v) is 18.0. The second kappa shape index (κ2) is 8.69. The minimum Gasteiger partial charge on any atom is -0.348 e. The van der Waals surface area contributed by atoms with Crippen molar-refractivity contribution in [3.8, 4) is 0 Å². The molecule has 3 rings (SSSR count). The molecule has 28 heavy (non-hydrogen) atoms. The van der Waals surface area contributed by atoms with E-state index in [4.69, 9.17) is 36.9 Å². The van der Waals surface area contributed by atoms with Gasteiger partial charge in [-0.2, -0.15) is 8.42 Å². The second-order valence-electron chi connectivity index (χ2n) is 6.94. The van der Waals surface area contributed by atoms with E-state index in [1.807, 2.05) is 6.92 Å². The highest BCUT2D eigenvalue weighted by Crippen LogP contribution is 2.34. The Morgan fingerprint density at radius 3 is 2.43 bits per heavy atom. The highest BCUT2D eigenvalue weighted by atomic mass is 35.5. The molecule has 1 aliphatic heterocycles. The molecule has 0 N–H and O–H groups in total. The van der Waals surface area contributed by atoms with Gasteiger partial charge in [-0.25, -0.2) is 4.18 Å². The Hall–Kier alpha value is -1.15. The average Bonchev–Trinajstić information content (AvgIpc) is 2.61. The summed E-state index contributed by atoms with van der Waals surface area (Å²) in [5, 5.41) is 1.01. The molecule has 0 aliphatic carbocycles. The third kappa shape index (κ3) is 5.26. The van der Waals surface area contributed by atoms with Crippen LogP contribution in [0.1, 0.15) is 37.3 Å². The summed E-state index contributed by atoms with van der Waals surface area (Å²) in [6, 6.07) is 11.7. The van der Waals surface area contributed by atoms with Gasteiger partial charge in [0.1, 0.15) is 0 Å². The predicted octanol–water partition coefficient (Wildman–Crippen LogP) is 5.47. The van der Waals surface area contributed by atoms with Crippen molar-refractivity contribution < 1.29 is 22.1 Å². The van der Waals surface area contributed by atoms with Crippen LogP contribution in [0.25, 0.3) is 0 Å². The topological polar surface area (TPSA) is 61.8 Å². The Labute approximate surface area is 175 Å². The van der Waals surface area contributed by atoms with E-state index in [9.17, 15) is 8.42 Å². The van der Waals surface area contributed by atoms with Crippen LogP contribution in [-0.2, 0) is 30.4 Å². The molecule has 0 aromatic heterocycles. The first-order valence-corrected chi connectivity index (χ1v) is 11.1. The summed E-state index contributed by atoms with van der Waals surface area (Å²) in [6.45, 7) is 3.65. The van der Waals surface area contributed by atoms with Gasteiger partial charge in [0, 0.05) is 22.0 Å². The lowest BCUT2D eigenvalue weighted by molar-refractivity contribution is -0.295. The first kappa shape index (κ1) is 21.6. The summed E-state index contributed by atoms with van der Waals surface area (Å²) in [5.41, 5.74) is 1.63. The van der Waals surface area contributed by atoms with Gasteiger partial charge in [0.25, 0.3) is 10.1 Å². The molecule has 1 aliphatic rings. The molecule has 0 bridgehead atoms. The number of hydrogen-bond donors (Lipinski definition) is 0. The highest BCUT2D eigenvalue weighted by molar-refractivity contribution is 7.86. The molecule has 2 unspecified atom stereocenters. The number of rotatable bonds is 6. The van der Waals surface area contributed by atoms with Gasteiger partial charge in [-0.15, -0.1) is 0 Å². The number of halogens is 2. The van der Waals surface area contributed by atoms with E-state index in [2.05, 4.69) is 0 Å². The van der Waals surface area contributed by atoms with Gasteiger partial charge < -0.3 is 9.47 Å². The fourth-order valence-electron chi connectivity index (χ4n) is 3.00. The molecule has 2 atom stereocenters. The van der Waals surface area contributed by atoms with Crippen molar-refractivity contribution in [2.75, 3.05) is 0 Å². The molecule has 1 saturated heterocycles. The minimum atomic E-state index is -3.96. The van der Waals surface area contributed by atoms with Crippen molar-refractivity contribution in [1.82, 2.24) is 0 Å². The highest BCUT2D eigenvalue weighted by Gasteiger charge is 2.39. The van der Waals surface area contributed by atoms with E-state index in [1.165, 1.54) is 12.1 Å². The number of aryl methyl sites for hydroxylation is 1. The lowest BCUT2D eigenvalue weighted by atomic mass is 10.1. The van der Waals surface area contributed by atoms with Crippen LogP contribution in [0.15, 0.2) is 47.4 Å². The molecule has 1 heterocycles. The molecule has 8 heteroatoms. The molecule has 152 valence electrons. The standard InChI is InChI=1S/C20H22Cl2O5S/c1-14-8-10-15(11-9-14)28(23,24)27-20(2)12-4-7-19(26-20)25-13-16-17(21)5-3-6-18(16)22/h3,5-6,8-11,19H,4,7,12-13H2,1-2H3. The Morgan fingerprint density at radius 2 is 1.79 bits per heavy atom. The van der Waals surface area contributed by atoms with Gasteiger partial charge in [-0.3, -0.25) is 0 Å². The van der Waals surface area contributed by atoms with Crippen LogP contribution < -0.4 is 0 Å². The van der Waals surface area contributed by atoms with Crippen molar-refractivity contribution in [2.45, 2.75) is 56.7 Å². The van der Waals surface area contributed by atoms with Crippen LogP contribution in [0.5, 0.6) is 0 Å². The third-order valence-corrected chi connectivity index (χ3v) is 6.65. The van der Waals surface area contributed by atoms with Gasteiger partial charge in [0.05, 0.1) is 11.5 Å².